The molecule has 1 atom stereocenters. The van der Waals surface area contributed by atoms with E-state index >= 15 is 0 Å². The number of carbonyl (C=O) groups is 2. The summed E-state index contributed by atoms with van der Waals surface area (Å²) in [6.45, 7) is 1.91. The first-order valence-corrected chi connectivity index (χ1v) is 8.42. The lowest BCUT2D eigenvalue weighted by Crippen LogP contribution is -2.44. The summed E-state index contributed by atoms with van der Waals surface area (Å²) in [4.78, 5) is 24.7. The van der Waals surface area contributed by atoms with Crippen LogP contribution in [-0.4, -0.2) is 66.0 Å². The molecule has 0 bridgehead atoms. The van der Waals surface area contributed by atoms with E-state index in [2.05, 4.69) is 0 Å². The van der Waals surface area contributed by atoms with Crippen molar-refractivity contribution in [3.63, 3.8) is 0 Å². The molecule has 114 valence electrons. The van der Waals surface area contributed by atoms with Crippen molar-refractivity contribution in [2.45, 2.75) is 32.2 Å². The molecule has 1 aliphatic carbocycles. The van der Waals surface area contributed by atoms with Gasteiger partial charge in [-0.25, -0.2) is 8.42 Å². The van der Waals surface area contributed by atoms with E-state index in [0.717, 1.165) is 12.8 Å². The lowest BCUT2D eigenvalue weighted by Gasteiger charge is -2.26. The first-order chi connectivity index (χ1) is 9.31. The van der Waals surface area contributed by atoms with Crippen LogP contribution < -0.4 is 0 Å². The molecule has 0 radical (unpaired) electrons. The molecular weight excluding hydrogens is 284 g/mol. The number of nitrogens with zero attached hydrogens (tertiary/aromatic N) is 2. The van der Waals surface area contributed by atoms with Crippen molar-refractivity contribution in [3.8, 4) is 0 Å². The largest absolute Gasteiger partial charge is 0.481 e. The molecule has 2 rings (SSSR count). The Bertz CT molecular complexity index is 500. The van der Waals surface area contributed by atoms with Gasteiger partial charge in [-0.15, -0.1) is 0 Å². The standard InChI is InChI=1S/C12H20N2O5S/c1-9(12(16)17)7-14(10-3-4-10)11(15)8-13-5-2-6-20(13,18)19/h9-10H,2-8H2,1H3,(H,16,17). The van der Waals surface area contributed by atoms with E-state index in [1.54, 1.807) is 6.92 Å². The summed E-state index contributed by atoms with van der Waals surface area (Å²) in [7, 11) is -3.30. The van der Waals surface area contributed by atoms with Gasteiger partial charge in [-0.05, 0) is 19.3 Å². The van der Waals surface area contributed by atoms with Crippen LogP contribution in [-0.2, 0) is 19.6 Å². The molecular formula is C12H20N2O5S. The van der Waals surface area contributed by atoms with Gasteiger partial charge < -0.3 is 10.0 Å². The molecule has 1 saturated heterocycles. The van der Waals surface area contributed by atoms with E-state index in [9.17, 15) is 18.0 Å². The summed E-state index contributed by atoms with van der Waals surface area (Å²) in [5.74, 6) is -1.78. The molecule has 0 aromatic carbocycles. The SMILES string of the molecule is CC(CN(C(=O)CN1CCCS1(=O)=O)C1CC1)C(=O)O. The van der Waals surface area contributed by atoms with Crippen LogP contribution >= 0.6 is 0 Å². The van der Waals surface area contributed by atoms with Gasteiger partial charge in [0.2, 0.25) is 15.9 Å². The summed E-state index contributed by atoms with van der Waals surface area (Å²) in [5, 5.41) is 8.94. The average Bonchev–Trinajstić information content (AvgIpc) is 3.13. The fraction of sp³-hybridized carbons (Fsp3) is 0.833. The smallest absolute Gasteiger partial charge is 0.308 e. The first-order valence-electron chi connectivity index (χ1n) is 6.81. The van der Waals surface area contributed by atoms with E-state index in [1.165, 1.54) is 9.21 Å². The molecule has 0 aromatic rings. The maximum atomic E-state index is 12.3. The number of carbonyl (C=O) groups excluding carboxylic acids is 1. The van der Waals surface area contributed by atoms with Gasteiger partial charge in [0.05, 0.1) is 18.2 Å². The van der Waals surface area contributed by atoms with Crippen LogP contribution in [0.25, 0.3) is 0 Å². The lowest BCUT2D eigenvalue weighted by molar-refractivity contribution is -0.143. The van der Waals surface area contributed by atoms with Gasteiger partial charge in [-0.2, -0.15) is 4.31 Å². The van der Waals surface area contributed by atoms with Crippen LogP contribution in [0, 0.1) is 5.92 Å². The van der Waals surface area contributed by atoms with E-state index in [0.29, 0.717) is 13.0 Å². The molecule has 1 N–H and O–H groups in total. The Hall–Kier alpha value is -1.15. The van der Waals surface area contributed by atoms with Crippen molar-refractivity contribution in [2.75, 3.05) is 25.4 Å². The zero-order chi connectivity index (χ0) is 14.9. The fourth-order valence-corrected chi connectivity index (χ4v) is 3.79. The highest BCUT2D eigenvalue weighted by Crippen LogP contribution is 2.28. The Balaban J connectivity index is 1.99. The second kappa shape index (κ2) is 5.69. The Morgan fingerprint density at radius 3 is 2.50 bits per heavy atom. The highest BCUT2D eigenvalue weighted by atomic mass is 32.2. The van der Waals surface area contributed by atoms with Crippen LogP contribution in [0.3, 0.4) is 0 Å². The molecule has 0 spiro atoms. The molecule has 1 heterocycles. The van der Waals surface area contributed by atoms with Crippen LogP contribution in [0.1, 0.15) is 26.2 Å². The first kappa shape index (κ1) is 15.2. The number of carboxylic acids is 1. The molecule has 1 unspecified atom stereocenters. The third-order valence-electron chi connectivity index (χ3n) is 3.71. The predicted molar refractivity (Wildman–Crippen MR) is 71.5 cm³/mol. The summed E-state index contributed by atoms with van der Waals surface area (Å²) in [5.41, 5.74) is 0. The maximum absolute atomic E-state index is 12.3. The topological polar surface area (TPSA) is 95.0 Å². The number of amides is 1. The van der Waals surface area contributed by atoms with Gasteiger partial charge >= 0.3 is 5.97 Å². The molecule has 1 aliphatic heterocycles. The molecule has 8 heteroatoms. The molecule has 1 amide bonds. The molecule has 2 aliphatic rings. The number of sulfonamides is 1. The fourth-order valence-electron chi connectivity index (χ4n) is 2.32. The highest BCUT2D eigenvalue weighted by molar-refractivity contribution is 7.89. The van der Waals surface area contributed by atoms with Crippen molar-refractivity contribution in [2.24, 2.45) is 5.92 Å². The van der Waals surface area contributed by atoms with Crippen molar-refractivity contribution < 1.29 is 23.1 Å². The second-order valence-corrected chi connectivity index (χ2v) is 7.61. The van der Waals surface area contributed by atoms with E-state index in [-0.39, 0.29) is 30.8 Å². The summed E-state index contributed by atoms with van der Waals surface area (Å²) in [6, 6.07) is 0.0783. The number of rotatable bonds is 6. The summed E-state index contributed by atoms with van der Waals surface area (Å²) < 4.78 is 24.6. The number of hydrogen-bond acceptors (Lipinski definition) is 4. The minimum Gasteiger partial charge on any atom is -0.481 e. The van der Waals surface area contributed by atoms with Crippen molar-refractivity contribution in [1.82, 2.24) is 9.21 Å². The van der Waals surface area contributed by atoms with E-state index in [4.69, 9.17) is 5.11 Å². The predicted octanol–water partition coefficient (Wildman–Crippen LogP) is -0.266. The number of carboxylic acid groups (broad SMARTS) is 1. The molecule has 20 heavy (non-hydrogen) atoms. The molecule has 7 nitrogen and oxygen atoms in total. The lowest BCUT2D eigenvalue weighted by atomic mass is 10.1. The van der Waals surface area contributed by atoms with Gasteiger partial charge in [0.1, 0.15) is 0 Å². The molecule has 1 saturated carbocycles. The van der Waals surface area contributed by atoms with Crippen molar-refractivity contribution in [3.05, 3.63) is 0 Å². The Morgan fingerprint density at radius 2 is 2.05 bits per heavy atom. The average molecular weight is 304 g/mol. The van der Waals surface area contributed by atoms with Gasteiger partial charge in [0.15, 0.2) is 0 Å². The zero-order valence-corrected chi connectivity index (χ0v) is 12.3. The Labute approximate surface area is 118 Å². The van der Waals surface area contributed by atoms with Crippen molar-refractivity contribution in [1.29, 1.82) is 0 Å². The van der Waals surface area contributed by atoms with Crippen molar-refractivity contribution >= 4 is 21.9 Å². The zero-order valence-electron chi connectivity index (χ0n) is 11.5. The Kier molecular flexibility index (Phi) is 4.33. The van der Waals surface area contributed by atoms with Gasteiger partial charge in [-0.1, -0.05) is 6.92 Å². The quantitative estimate of drug-likeness (QED) is 0.729. The van der Waals surface area contributed by atoms with Gasteiger partial charge in [-0.3, -0.25) is 9.59 Å². The van der Waals surface area contributed by atoms with E-state index < -0.39 is 21.9 Å². The number of hydrogen-bond donors (Lipinski definition) is 1. The van der Waals surface area contributed by atoms with Gasteiger partial charge in [0.25, 0.3) is 0 Å². The van der Waals surface area contributed by atoms with Gasteiger partial charge in [0, 0.05) is 19.1 Å². The third kappa shape index (κ3) is 3.49. The second-order valence-electron chi connectivity index (χ2n) is 5.52. The monoisotopic (exact) mass is 304 g/mol. The Morgan fingerprint density at radius 1 is 1.40 bits per heavy atom. The van der Waals surface area contributed by atoms with Crippen LogP contribution in [0.15, 0.2) is 0 Å². The summed E-state index contributed by atoms with van der Waals surface area (Å²) in [6.07, 6.45) is 2.28. The highest BCUT2D eigenvalue weighted by Gasteiger charge is 2.37. The third-order valence-corrected chi connectivity index (χ3v) is 5.62. The molecule has 0 aromatic heterocycles. The van der Waals surface area contributed by atoms with Crippen LogP contribution in [0.5, 0.6) is 0 Å². The van der Waals surface area contributed by atoms with E-state index in [1.807, 2.05) is 0 Å². The van der Waals surface area contributed by atoms with Crippen LogP contribution in [0.2, 0.25) is 0 Å². The summed E-state index contributed by atoms with van der Waals surface area (Å²) >= 11 is 0. The normalized spacial score (nSPS) is 23.4. The number of aliphatic carboxylic acids is 1. The molecule has 2 fully saturated rings. The maximum Gasteiger partial charge on any atom is 0.308 e. The minimum absolute atomic E-state index is 0.0783. The minimum atomic E-state index is -3.30. The van der Waals surface area contributed by atoms with Crippen LogP contribution in [0.4, 0.5) is 0 Å².